The van der Waals surface area contributed by atoms with Crippen molar-refractivity contribution in [1.82, 2.24) is 47.3 Å². The Morgan fingerprint density at radius 2 is 0.855 bits per heavy atom. The van der Waals surface area contributed by atoms with E-state index in [1.165, 1.54) is 6.42 Å². The SMILES string of the molecule is CCCCCC/C=C\CCCCCC(=O)N[C@@H](C(=O)N[C@@H](CO)C(=O)N[C@@H](CO)C(=O)N[C@H](CCC(N)=O)C(=O)N[C@H](CCCN(O)C(C)=O)C(=O)N[C@@H](CO)C(=O)N[C@@H](CCCN(O)C(C)=O)C(=O)O)[C@H](O)C(=O)O. The van der Waals surface area contributed by atoms with Gasteiger partial charge in [0.05, 0.1) is 19.8 Å². The maximum atomic E-state index is 13.8. The number of carbonyl (C=O) groups excluding carboxylic acids is 10. The number of amides is 10. The van der Waals surface area contributed by atoms with Crippen LogP contribution in [0.5, 0.6) is 0 Å². The number of aliphatic hydroxyl groups is 4. The highest BCUT2D eigenvalue weighted by Crippen LogP contribution is 2.10. The molecule has 0 fully saturated rings. The van der Waals surface area contributed by atoms with Gasteiger partial charge in [-0.1, -0.05) is 44.8 Å². The van der Waals surface area contributed by atoms with Crippen molar-refractivity contribution in [3.05, 3.63) is 12.2 Å². The predicted octanol–water partition coefficient (Wildman–Crippen LogP) is -4.33. The molecular weight excluding hydrogens is 1010 g/mol. The van der Waals surface area contributed by atoms with Crippen LogP contribution in [0.1, 0.15) is 124 Å². The van der Waals surface area contributed by atoms with Crippen molar-refractivity contribution in [2.75, 3.05) is 32.9 Å². The molecule has 8 atom stereocenters. The van der Waals surface area contributed by atoms with E-state index in [1.54, 1.807) is 0 Å². The molecule has 0 aromatic carbocycles. The molecule has 0 aromatic heterocycles. The number of hydroxylamine groups is 4. The smallest absolute Gasteiger partial charge is 0.335 e. The van der Waals surface area contributed by atoms with Crippen molar-refractivity contribution in [3.63, 3.8) is 0 Å². The maximum Gasteiger partial charge on any atom is 0.335 e. The molecule has 0 aromatic rings. The van der Waals surface area contributed by atoms with E-state index in [1.807, 2.05) is 16.7 Å². The van der Waals surface area contributed by atoms with Crippen LogP contribution >= 0.6 is 0 Å². The number of allylic oxidation sites excluding steroid dienone is 2. The van der Waals surface area contributed by atoms with Crippen LogP contribution in [-0.4, -0.2) is 203 Å². The van der Waals surface area contributed by atoms with Gasteiger partial charge in [-0.05, 0) is 64.2 Å². The first-order valence-corrected chi connectivity index (χ1v) is 24.8. The molecule has 17 N–H and O–H groups in total. The number of carbonyl (C=O) groups is 12. The predicted molar refractivity (Wildman–Crippen MR) is 262 cm³/mol. The molecule has 432 valence electrons. The van der Waals surface area contributed by atoms with Gasteiger partial charge in [0.2, 0.25) is 59.1 Å². The summed E-state index contributed by atoms with van der Waals surface area (Å²) in [6, 6.07) is -13.3. The fourth-order valence-electron chi connectivity index (χ4n) is 6.82. The first-order chi connectivity index (χ1) is 35.8. The summed E-state index contributed by atoms with van der Waals surface area (Å²) < 4.78 is 0. The number of primary amides is 1. The van der Waals surface area contributed by atoms with Crippen LogP contribution in [-0.2, 0) is 57.5 Å². The summed E-state index contributed by atoms with van der Waals surface area (Å²) in [4.78, 5) is 151. The normalized spacial score (nSPS) is 14.2. The zero-order chi connectivity index (χ0) is 57.9. The molecular formula is C46H78N10O20. The van der Waals surface area contributed by atoms with Crippen molar-refractivity contribution in [2.24, 2.45) is 5.73 Å². The van der Waals surface area contributed by atoms with Gasteiger partial charge in [-0.15, -0.1) is 0 Å². The Morgan fingerprint density at radius 3 is 1.25 bits per heavy atom. The molecule has 0 radical (unpaired) electrons. The van der Waals surface area contributed by atoms with Crippen LogP contribution < -0.4 is 43.0 Å². The highest BCUT2D eigenvalue weighted by molar-refractivity contribution is 5.98. The summed E-state index contributed by atoms with van der Waals surface area (Å²) in [7, 11) is 0. The number of carboxylic acids is 2. The number of nitrogens with two attached hydrogens (primary N) is 1. The number of nitrogens with zero attached hydrogens (tertiary/aromatic N) is 2. The zero-order valence-corrected chi connectivity index (χ0v) is 43.1. The average molecular weight is 1090 g/mol. The zero-order valence-electron chi connectivity index (χ0n) is 43.1. The van der Waals surface area contributed by atoms with E-state index in [0.717, 1.165) is 52.4 Å². The highest BCUT2D eigenvalue weighted by atomic mass is 16.5. The molecule has 0 aliphatic carbocycles. The maximum absolute atomic E-state index is 13.8. The Balaban J connectivity index is 6.17. The molecule has 30 nitrogen and oxygen atoms in total. The van der Waals surface area contributed by atoms with Gasteiger partial charge in [-0.2, -0.15) is 0 Å². The molecule has 0 aliphatic heterocycles. The van der Waals surface area contributed by atoms with Crippen molar-refractivity contribution >= 4 is 71.0 Å². The van der Waals surface area contributed by atoms with Gasteiger partial charge < -0.3 is 73.6 Å². The lowest BCUT2D eigenvalue weighted by Gasteiger charge is -2.27. The molecule has 0 aliphatic rings. The number of aliphatic hydroxyl groups excluding tert-OH is 4. The average Bonchev–Trinajstić information content (AvgIpc) is 3.36. The molecule has 10 amide bonds. The second-order valence-corrected chi connectivity index (χ2v) is 17.6. The quantitative estimate of drug-likeness (QED) is 0.0119. The Labute approximate surface area is 438 Å². The van der Waals surface area contributed by atoms with Gasteiger partial charge in [-0.3, -0.25) is 58.4 Å². The van der Waals surface area contributed by atoms with E-state index in [0.29, 0.717) is 17.9 Å². The number of hydrogen-bond donors (Lipinski definition) is 16. The Bertz CT molecular complexity index is 1960. The van der Waals surface area contributed by atoms with Crippen LogP contribution in [0, 0.1) is 0 Å². The topological polar surface area (TPSA) is 483 Å². The van der Waals surface area contributed by atoms with Crippen molar-refractivity contribution in [1.29, 1.82) is 0 Å². The summed E-state index contributed by atoms with van der Waals surface area (Å²) in [5.41, 5.74) is 5.27. The second kappa shape index (κ2) is 38.7. The summed E-state index contributed by atoms with van der Waals surface area (Å²) in [6.45, 7) is -0.160. The first-order valence-electron chi connectivity index (χ1n) is 24.8. The van der Waals surface area contributed by atoms with Crippen LogP contribution in [0.25, 0.3) is 0 Å². The van der Waals surface area contributed by atoms with Crippen molar-refractivity contribution < 1.29 is 98.6 Å². The minimum atomic E-state index is -2.53. The number of aliphatic carboxylic acids is 2. The molecule has 0 unspecified atom stereocenters. The molecule has 0 rings (SSSR count). The summed E-state index contributed by atoms with van der Waals surface area (Å²) in [5.74, 6) is -14.8. The van der Waals surface area contributed by atoms with E-state index in [9.17, 15) is 98.6 Å². The van der Waals surface area contributed by atoms with Gasteiger partial charge in [0, 0.05) is 39.8 Å². The number of hydrogen-bond acceptors (Lipinski definition) is 18. The van der Waals surface area contributed by atoms with E-state index >= 15 is 0 Å². The Kier molecular flexibility index (Phi) is 35.2. The third-order valence-electron chi connectivity index (χ3n) is 11.3. The third-order valence-corrected chi connectivity index (χ3v) is 11.3. The molecule has 0 spiro atoms. The van der Waals surface area contributed by atoms with Crippen molar-refractivity contribution in [3.8, 4) is 0 Å². The lowest BCUT2D eigenvalue weighted by atomic mass is 10.1. The highest BCUT2D eigenvalue weighted by Gasteiger charge is 2.37. The van der Waals surface area contributed by atoms with Gasteiger partial charge in [0.25, 0.3) is 0 Å². The van der Waals surface area contributed by atoms with E-state index in [-0.39, 0.29) is 37.3 Å². The lowest BCUT2D eigenvalue weighted by Crippen LogP contribution is -2.62. The summed E-state index contributed by atoms with van der Waals surface area (Å²) >= 11 is 0. The number of carboxylic acid groups (broad SMARTS) is 2. The van der Waals surface area contributed by atoms with Gasteiger partial charge in [0.15, 0.2) is 6.10 Å². The largest absolute Gasteiger partial charge is 0.480 e. The molecule has 30 heteroatoms. The minimum Gasteiger partial charge on any atom is -0.480 e. The van der Waals surface area contributed by atoms with E-state index < -0.39 is 165 Å². The second-order valence-electron chi connectivity index (χ2n) is 17.6. The number of unbranched alkanes of at least 4 members (excludes halogenated alkanes) is 7. The minimum absolute atomic E-state index is 0.122. The van der Waals surface area contributed by atoms with Gasteiger partial charge in [0.1, 0.15) is 42.3 Å². The van der Waals surface area contributed by atoms with Crippen LogP contribution in [0.4, 0.5) is 0 Å². The fraction of sp³-hybridized carbons (Fsp3) is 0.696. The summed E-state index contributed by atoms with van der Waals surface area (Å²) in [5, 5.41) is 94.2. The van der Waals surface area contributed by atoms with Crippen LogP contribution in [0.15, 0.2) is 12.2 Å². The Morgan fingerprint density at radius 1 is 0.474 bits per heavy atom. The molecule has 76 heavy (non-hydrogen) atoms. The first kappa shape index (κ1) is 69.1. The standard InChI is InChI=1S/C46H78N10O20/c1-4-5-6-7-8-9-10-11-12-13-14-19-36(63)54-37(38(64)46(73)74)44(70)53-34(26-59)43(69)52-32(24-57)41(67)49-30(20-21-35(47)62)40(66)48-29(17-15-22-55(75)27(2)60)39(65)51-33(25-58)42(68)50-31(45(71)72)18-16-23-56(76)28(3)61/h9-10,29-34,37-38,57-59,64,75-76H,4-8,11-26H2,1-3H3,(H2,47,62)(H,48,66)(H,49,67)(H,50,68)(H,51,65)(H,52,69)(H,53,70)(H,54,63)(H,71,72)(H,73,74)/b10-9-/t29-,30-,31+,32+,33+,34+,37-,38+/m1/s1. The van der Waals surface area contributed by atoms with Crippen LogP contribution in [0.2, 0.25) is 0 Å². The number of rotatable bonds is 41. The molecule has 0 saturated heterocycles. The molecule has 0 bridgehead atoms. The Hall–Kier alpha value is -6.86. The molecule has 0 saturated carbocycles. The lowest BCUT2D eigenvalue weighted by molar-refractivity contribution is -0.163. The van der Waals surface area contributed by atoms with E-state index in [2.05, 4.69) is 39.6 Å². The summed E-state index contributed by atoms with van der Waals surface area (Å²) in [6.07, 6.45) is 7.05. The fourth-order valence-corrected chi connectivity index (χ4v) is 6.82. The monoisotopic (exact) mass is 1090 g/mol. The van der Waals surface area contributed by atoms with Gasteiger partial charge in [-0.25, -0.2) is 19.7 Å². The molecule has 0 heterocycles. The van der Waals surface area contributed by atoms with Gasteiger partial charge >= 0.3 is 11.9 Å². The van der Waals surface area contributed by atoms with E-state index in [4.69, 9.17) is 5.73 Å². The van der Waals surface area contributed by atoms with Crippen LogP contribution in [0.3, 0.4) is 0 Å². The number of nitrogens with one attached hydrogen (secondary N) is 7. The van der Waals surface area contributed by atoms with Crippen molar-refractivity contribution in [2.45, 2.75) is 172 Å². The third kappa shape index (κ3) is 28.7.